The van der Waals surface area contributed by atoms with Gasteiger partial charge in [-0.15, -0.1) is 0 Å². The lowest BCUT2D eigenvalue weighted by Gasteiger charge is -2.16. The fraction of sp³-hybridized carbons (Fsp3) is 0.176. The molecular formula is C17H17NO3. The smallest absolute Gasteiger partial charge is 0.248 e. The minimum absolute atomic E-state index is 0.0583. The molecule has 0 aliphatic rings. The average Bonchev–Trinajstić information content (AvgIpc) is 2.53. The first-order valence-electron chi connectivity index (χ1n) is 6.77. The molecule has 0 radical (unpaired) electrons. The summed E-state index contributed by atoms with van der Waals surface area (Å²) in [5.41, 5.74) is 6.21. The molecule has 1 amide bonds. The minimum atomic E-state index is -0.549. The molecule has 0 saturated heterocycles. The number of nitrogens with two attached hydrogens (primary N) is 1. The summed E-state index contributed by atoms with van der Waals surface area (Å²) in [6.45, 7) is 1.89. The van der Waals surface area contributed by atoms with Crippen molar-refractivity contribution in [3.63, 3.8) is 0 Å². The monoisotopic (exact) mass is 283 g/mol. The summed E-state index contributed by atoms with van der Waals surface area (Å²) in [4.78, 5) is 23.4. The SMILES string of the molecule is CCC(Oc1ccc(C(N)=O)cc1)C(=O)c1ccccc1. The molecule has 1 unspecified atom stereocenters. The molecule has 0 bridgehead atoms. The predicted octanol–water partition coefficient (Wildman–Crippen LogP) is 2.83. The Bertz CT molecular complexity index is 620. The third-order valence-electron chi connectivity index (χ3n) is 3.14. The standard InChI is InChI=1S/C17H17NO3/c1-2-15(16(19)12-6-4-3-5-7-12)21-14-10-8-13(9-11-14)17(18)20/h3-11,15H,2H2,1H3,(H2,18,20). The summed E-state index contributed by atoms with van der Waals surface area (Å²) >= 11 is 0. The molecule has 2 aromatic rings. The maximum absolute atomic E-state index is 12.4. The Balaban J connectivity index is 2.12. The molecule has 0 spiro atoms. The summed E-state index contributed by atoms with van der Waals surface area (Å²) in [7, 11) is 0. The number of carbonyl (C=O) groups is 2. The largest absolute Gasteiger partial charge is 0.482 e. The zero-order valence-electron chi connectivity index (χ0n) is 11.8. The van der Waals surface area contributed by atoms with E-state index in [1.165, 1.54) is 0 Å². The summed E-state index contributed by atoms with van der Waals surface area (Å²) in [6.07, 6.45) is 0.0116. The molecule has 0 aliphatic carbocycles. The van der Waals surface area contributed by atoms with Crippen molar-refractivity contribution in [2.75, 3.05) is 0 Å². The van der Waals surface area contributed by atoms with Gasteiger partial charge in [0.25, 0.3) is 0 Å². The Labute approximate surface area is 123 Å². The molecule has 2 aromatic carbocycles. The summed E-state index contributed by atoms with van der Waals surface area (Å²) in [5, 5.41) is 0. The number of Topliss-reactive ketones (excluding diaryl/α,β-unsaturated/α-hetero) is 1. The van der Waals surface area contributed by atoms with Gasteiger partial charge in [-0.25, -0.2) is 0 Å². The van der Waals surface area contributed by atoms with Crippen molar-refractivity contribution < 1.29 is 14.3 Å². The normalized spacial score (nSPS) is 11.7. The van der Waals surface area contributed by atoms with Gasteiger partial charge in [0.2, 0.25) is 11.7 Å². The number of ketones is 1. The van der Waals surface area contributed by atoms with Gasteiger partial charge in [-0.3, -0.25) is 9.59 Å². The van der Waals surface area contributed by atoms with Crippen LogP contribution >= 0.6 is 0 Å². The van der Waals surface area contributed by atoms with E-state index < -0.39 is 12.0 Å². The van der Waals surface area contributed by atoms with Crippen LogP contribution in [-0.2, 0) is 0 Å². The molecule has 2 N–H and O–H groups in total. The molecule has 4 heteroatoms. The molecule has 21 heavy (non-hydrogen) atoms. The van der Waals surface area contributed by atoms with Crippen molar-refractivity contribution in [1.29, 1.82) is 0 Å². The van der Waals surface area contributed by atoms with E-state index in [0.717, 1.165) is 0 Å². The maximum atomic E-state index is 12.4. The van der Waals surface area contributed by atoms with Crippen LogP contribution in [0.15, 0.2) is 54.6 Å². The van der Waals surface area contributed by atoms with Crippen molar-refractivity contribution >= 4 is 11.7 Å². The lowest BCUT2D eigenvalue weighted by molar-refractivity contribution is 0.0786. The highest BCUT2D eigenvalue weighted by atomic mass is 16.5. The van der Waals surface area contributed by atoms with E-state index in [1.807, 2.05) is 25.1 Å². The molecule has 4 nitrogen and oxygen atoms in total. The molecule has 0 heterocycles. The third-order valence-corrected chi connectivity index (χ3v) is 3.14. The molecule has 1 atom stereocenters. The second-order valence-electron chi connectivity index (χ2n) is 4.63. The summed E-state index contributed by atoms with van der Waals surface area (Å²) in [6, 6.07) is 15.5. The highest BCUT2D eigenvalue weighted by Crippen LogP contribution is 2.17. The van der Waals surface area contributed by atoms with Crippen LogP contribution in [-0.4, -0.2) is 17.8 Å². The Morgan fingerprint density at radius 1 is 1.00 bits per heavy atom. The van der Waals surface area contributed by atoms with Crippen LogP contribution in [0.4, 0.5) is 0 Å². The average molecular weight is 283 g/mol. The Morgan fingerprint density at radius 2 is 1.62 bits per heavy atom. The first-order valence-corrected chi connectivity index (χ1v) is 6.77. The van der Waals surface area contributed by atoms with Gasteiger partial charge in [0.1, 0.15) is 5.75 Å². The van der Waals surface area contributed by atoms with E-state index in [0.29, 0.717) is 23.3 Å². The summed E-state index contributed by atoms with van der Waals surface area (Å²) in [5.74, 6) is -0.0119. The van der Waals surface area contributed by atoms with Crippen LogP contribution in [0.2, 0.25) is 0 Å². The number of amides is 1. The van der Waals surface area contributed by atoms with E-state index in [2.05, 4.69) is 0 Å². The van der Waals surface area contributed by atoms with Gasteiger partial charge in [0.15, 0.2) is 6.10 Å². The number of hydrogen-bond donors (Lipinski definition) is 1. The Hall–Kier alpha value is -2.62. The number of rotatable bonds is 6. The first kappa shape index (κ1) is 14.8. The van der Waals surface area contributed by atoms with Crippen molar-refractivity contribution in [3.8, 4) is 5.75 Å². The lowest BCUT2D eigenvalue weighted by atomic mass is 10.0. The van der Waals surface area contributed by atoms with Crippen LogP contribution in [0.3, 0.4) is 0 Å². The second-order valence-corrected chi connectivity index (χ2v) is 4.63. The van der Waals surface area contributed by atoms with Gasteiger partial charge in [-0.1, -0.05) is 37.3 Å². The molecule has 108 valence electrons. The molecule has 2 rings (SSSR count). The summed E-state index contributed by atoms with van der Waals surface area (Å²) < 4.78 is 5.71. The van der Waals surface area contributed by atoms with Crippen LogP contribution in [0, 0.1) is 0 Å². The topological polar surface area (TPSA) is 69.4 Å². The maximum Gasteiger partial charge on any atom is 0.248 e. The van der Waals surface area contributed by atoms with E-state index >= 15 is 0 Å². The van der Waals surface area contributed by atoms with E-state index in [4.69, 9.17) is 10.5 Å². The predicted molar refractivity (Wildman–Crippen MR) is 80.4 cm³/mol. The molecule has 0 fully saturated rings. The van der Waals surface area contributed by atoms with Crippen LogP contribution < -0.4 is 10.5 Å². The van der Waals surface area contributed by atoms with E-state index in [-0.39, 0.29) is 5.78 Å². The van der Waals surface area contributed by atoms with Crippen molar-refractivity contribution in [2.45, 2.75) is 19.4 Å². The van der Waals surface area contributed by atoms with Gasteiger partial charge in [0, 0.05) is 11.1 Å². The minimum Gasteiger partial charge on any atom is -0.482 e. The lowest BCUT2D eigenvalue weighted by Crippen LogP contribution is -2.26. The Kier molecular flexibility index (Phi) is 4.72. The number of hydrogen-bond acceptors (Lipinski definition) is 3. The van der Waals surface area contributed by atoms with Gasteiger partial charge in [-0.2, -0.15) is 0 Å². The van der Waals surface area contributed by atoms with Crippen LogP contribution in [0.25, 0.3) is 0 Å². The van der Waals surface area contributed by atoms with Crippen LogP contribution in [0.1, 0.15) is 34.1 Å². The van der Waals surface area contributed by atoms with E-state index in [9.17, 15) is 9.59 Å². The molecule has 0 aliphatic heterocycles. The fourth-order valence-corrected chi connectivity index (χ4v) is 1.97. The van der Waals surface area contributed by atoms with Gasteiger partial charge >= 0.3 is 0 Å². The van der Waals surface area contributed by atoms with E-state index in [1.54, 1.807) is 36.4 Å². The highest BCUT2D eigenvalue weighted by Gasteiger charge is 2.19. The number of ether oxygens (including phenoxy) is 1. The molecular weight excluding hydrogens is 266 g/mol. The number of primary amides is 1. The number of benzene rings is 2. The second kappa shape index (κ2) is 6.70. The molecule has 0 aromatic heterocycles. The third kappa shape index (κ3) is 3.69. The van der Waals surface area contributed by atoms with Crippen molar-refractivity contribution in [2.24, 2.45) is 5.73 Å². The van der Waals surface area contributed by atoms with Crippen molar-refractivity contribution in [1.82, 2.24) is 0 Å². The zero-order chi connectivity index (χ0) is 15.2. The van der Waals surface area contributed by atoms with Crippen molar-refractivity contribution in [3.05, 3.63) is 65.7 Å². The number of carbonyl (C=O) groups excluding carboxylic acids is 2. The molecule has 0 saturated carbocycles. The van der Waals surface area contributed by atoms with Gasteiger partial charge < -0.3 is 10.5 Å². The van der Waals surface area contributed by atoms with Gasteiger partial charge in [-0.05, 0) is 30.7 Å². The quantitative estimate of drug-likeness (QED) is 0.829. The highest BCUT2D eigenvalue weighted by molar-refractivity contribution is 5.99. The zero-order valence-corrected chi connectivity index (χ0v) is 11.8. The van der Waals surface area contributed by atoms with Crippen LogP contribution in [0.5, 0.6) is 5.75 Å². The van der Waals surface area contributed by atoms with Gasteiger partial charge in [0.05, 0.1) is 0 Å². The fourth-order valence-electron chi connectivity index (χ4n) is 1.97. The first-order chi connectivity index (χ1) is 10.1. The Morgan fingerprint density at radius 3 is 2.14 bits per heavy atom.